The molecule has 0 saturated heterocycles. The highest BCUT2D eigenvalue weighted by atomic mass is 79.9. The van der Waals surface area contributed by atoms with Crippen LogP contribution in [0.5, 0.6) is 0 Å². The lowest BCUT2D eigenvalue weighted by Gasteiger charge is -2.27. The van der Waals surface area contributed by atoms with Crippen molar-refractivity contribution in [3.05, 3.63) is 28.2 Å². The fourth-order valence-corrected chi connectivity index (χ4v) is 2.47. The van der Waals surface area contributed by atoms with Crippen LogP contribution in [0.2, 0.25) is 0 Å². The van der Waals surface area contributed by atoms with Gasteiger partial charge in [-0.25, -0.2) is 0 Å². The first-order chi connectivity index (χ1) is 9.58. The van der Waals surface area contributed by atoms with E-state index in [-0.39, 0.29) is 6.61 Å². The molecule has 114 valence electrons. The van der Waals surface area contributed by atoms with Crippen molar-refractivity contribution in [3.63, 3.8) is 0 Å². The molecule has 0 atom stereocenters. The van der Waals surface area contributed by atoms with Gasteiger partial charge in [0.05, 0.1) is 6.61 Å². The molecule has 0 radical (unpaired) electrons. The molecule has 0 saturated carbocycles. The molecule has 20 heavy (non-hydrogen) atoms. The molecule has 0 unspecified atom stereocenters. The number of aliphatic hydroxyl groups is 1. The van der Waals surface area contributed by atoms with E-state index in [1.165, 1.54) is 11.3 Å². The third-order valence-electron chi connectivity index (χ3n) is 3.24. The molecule has 3 nitrogen and oxygen atoms in total. The molecular formula is C16H27BrN2O. The summed E-state index contributed by atoms with van der Waals surface area (Å²) < 4.78 is 1.08. The Kier molecular flexibility index (Phi) is 8.19. The van der Waals surface area contributed by atoms with Crippen LogP contribution in [0.3, 0.4) is 0 Å². The predicted molar refractivity (Wildman–Crippen MR) is 90.3 cm³/mol. The van der Waals surface area contributed by atoms with Crippen molar-refractivity contribution in [2.45, 2.75) is 46.2 Å². The molecule has 0 fully saturated rings. The maximum Gasteiger partial charge on any atom is 0.0606 e. The van der Waals surface area contributed by atoms with Gasteiger partial charge in [0.2, 0.25) is 0 Å². The number of nitrogens with one attached hydrogen (secondary N) is 1. The maximum absolute atomic E-state index is 9.31. The van der Waals surface area contributed by atoms with Crippen LogP contribution in [0.25, 0.3) is 0 Å². The van der Waals surface area contributed by atoms with Gasteiger partial charge in [-0.1, -0.05) is 49.2 Å². The Labute approximate surface area is 131 Å². The molecule has 1 aromatic carbocycles. The zero-order valence-corrected chi connectivity index (χ0v) is 14.4. The zero-order chi connectivity index (χ0) is 15.0. The standard InChI is InChI=1S/C16H27BrN2O/c1-4-5-8-19(9-10-20)16-11-15(17)7-6-14(16)12-18-13(2)3/h6-7,11,13,18,20H,4-5,8-10,12H2,1-3H3. The summed E-state index contributed by atoms with van der Waals surface area (Å²) in [4.78, 5) is 2.28. The predicted octanol–water partition coefficient (Wildman–Crippen LogP) is 3.55. The van der Waals surface area contributed by atoms with E-state index >= 15 is 0 Å². The van der Waals surface area contributed by atoms with Gasteiger partial charge in [0.25, 0.3) is 0 Å². The van der Waals surface area contributed by atoms with Crippen LogP contribution in [0, 0.1) is 0 Å². The summed E-state index contributed by atoms with van der Waals surface area (Å²) in [5, 5.41) is 12.8. The number of aliphatic hydroxyl groups excluding tert-OH is 1. The molecule has 1 aromatic rings. The molecular weight excluding hydrogens is 316 g/mol. The molecule has 1 rings (SSSR count). The molecule has 4 heteroatoms. The minimum absolute atomic E-state index is 0.188. The van der Waals surface area contributed by atoms with Crippen molar-refractivity contribution in [2.24, 2.45) is 0 Å². The van der Waals surface area contributed by atoms with Gasteiger partial charge in [0, 0.05) is 35.8 Å². The molecule has 0 heterocycles. The van der Waals surface area contributed by atoms with E-state index in [9.17, 15) is 5.11 Å². The third kappa shape index (κ3) is 5.81. The molecule has 0 bridgehead atoms. The summed E-state index contributed by atoms with van der Waals surface area (Å²) in [6, 6.07) is 6.86. The number of anilines is 1. The molecule has 0 aliphatic heterocycles. The average molecular weight is 343 g/mol. The van der Waals surface area contributed by atoms with Gasteiger partial charge in [-0.15, -0.1) is 0 Å². The van der Waals surface area contributed by atoms with Gasteiger partial charge in [0.15, 0.2) is 0 Å². The number of hydrogen-bond acceptors (Lipinski definition) is 3. The summed E-state index contributed by atoms with van der Waals surface area (Å²) in [5.74, 6) is 0. The average Bonchev–Trinajstić information content (AvgIpc) is 2.42. The number of hydrogen-bond donors (Lipinski definition) is 2. The molecule has 0 amide bonds. The molecule has 0 aromatic heterocycles. The summed E-state index contributed by atoms with van der Waals surface area (Å²) in [6.45, 7) is 9.22. The summed E-state index contributed by atoms with van der Waals surface area (Å²) >= 11 is 3.55. The Balaban J connectivity index is 2.93. The van der Waals surface area contributed by atoms with Crippen molar-refractivity contribution in [1.29, 1.82) is 0 Å². The lowest BCUT2D eigenvalue weighted by Crippen LogP contribution is -2.30. The van der Waals surface area contributed by atoms with E-state index in [0.717, 1.165) is 30.4 Å². The number of halogens is 1. The molecule has 0 aliphatic rings. The van der Waals surface area contributed by atoms with Crippen molar-refractivity contribution in [1.82, 2.24) is 5.32 Å². The normalized spacial score (nSPS) is 11.1. The second kappa shape index (κ2) is 9.37. The fraction of sp³-hybridized carbons (Fsp3) is 0.625. The smallest absolute Gasteiger partial charge is 0.0606 e. The third-order valence-corrected chi connectivity index (χ3v) is 3.73. The van der Waals surface area contributed by atoms with Crippen LogP contribution in [-0.2, 0) is 6.54 Å². The van der Waals surface area contributed by atoms with E-state index in [2.05, 4.69) is 65.1 Å². The van der Waals surface area contributed by atoms with Crippen molar-refractivity contribution >= 4 is 21.6 Å². The van der Waals surface area contributed by atoms with Crippen molar-refractivity contribution in [3.8, 4) is 0 Å². The Morgan fingerprint density at radius 1 is 1.30 bits per heavy atom. The minimum atomic E-state index is 0.188. The van der Waals surface area contributed by atoms with E-state index in [1.54, 1.807) is 0 Å². The largest absolute Gasteiger partial charge is 0.395 e. The van der Waals surface area contributed by atoms with E-state index < -0.39 is 0 Å². The number of benzene rings is 1. The lowest BCUT2D eigenvalue weighted by molar-refractivity contribution is 0.301. The van der Waals surface area contributed by atoms with E-state index in [1.807, 2.05) is 0 Å². The Morgan fingerprint density at radius 2 is 2.05 bits per heavy atom. The highest BCUT2D eigenvalue weighted by Crippen LogP contribution is 2.25. The Morgan fingerprint density at radius 3 is 2.65 bits per heavy atom. The van der Waals surface area contributed by atoms with Gasteiger partial charge in [-0.05, 0) is 24.1 Å². The van der Waals surface area contributed by atoms with E-state index in [4.69, 9.17) is 0 Å². The van der Waals surface area contributed by atoms with Gasteiger partial charge in [-0.3, -0.25) is 0 Å². The second-order valence-electron chi connectivity index (χ2n) is 5.37. The first-order valence-electron chi connectivity index (χ1n) is 7.46. The van der Waals surface area contributed by atoms with Gasteiger partial charge in [-0.2, -0.15) is 0 Å². The van der Waals surface area contributed by atoms with Crippen LogP contribution in [0.4, 0.5) is 5.69 Å². The minimum Gasteiger partial charge on any atom is -0.395 e. The van der Waals surface area contributed by atoms with Crippen LogP contribution in [-0.4, -0.2) is 30.8 Å². The van der Waals surface area contributed by atoms with E-state index in [0.29, 0.717) is 12.6 Å². The Hall–Kier alpha value is -0.580. The van der Waals surface area contributed by atoms with Crippen molar-refractivity contribution < 1.29 is 5.11 Å². The highest BCUT2D eigenvalue weighted by molar-refractivity contribution is 9.10. The SMILES string of the molecule is CCCCN(CCO)c1cc(Br)ccc1CNC(C)C. The number of nitrogens with zero attached hydrogens (tertiary/aromatic N) is 1. The Bertz CT molecular complexity index is 396. The molecule has 0 spiro atoms. The number of unbranched alkanes of at least 4 members (excludes halogenated alkanes) is 1. The van der Waals surface area contributed by atoms with Crippen LogP contribution >= 0.6 is 15.9 Å². The lowest BCUT2D eigenvalue weighted by atomic mass is 10.1. The zero-order valence-electron chi connectivity index (χ0n) is 12.8. The maximum atomic E-state index is 9.31. The summed E-state index contributed by atoms with van der Waals surface area (Å²) in [6.07, 6.45) is 2.30. The van der Waals surface area contributed by atoms with Gasteiger partial charge < -0.3 is 15.3 Å². The van der Waals surface area contributed by atoms with Gasteiger partial charge >= 0.3 is 0 Å². The molecule has 2 N–H and O–H groups in total. The fourth-order valence-electron chi connectivity index (χ4n) is 2.12. The van der Waals surface area contributed by atoms with Gasteiger partial charge in [0.1, 0.15) is 0 Å². The first kappa shape index (κ1) is 17.5. The summed E-state index contributed by atoms with van der Waals surface area (Å²) in [5.41, 5.74) is 2.50. The quantitative estimate of drug-likeness (QED) is 0.720. The summed E-state index contributed by atoms with van der Waals surface area (Å²) in [7, 11) is 0. The van der Waals surface area contributed by atoms with Crippen molar-refractivity contribution in [2.75, 3.05) is 24.6 Å². The number of rotatable bonds is 9. The first-order valence-corrected chi connectivity index (χ1v) is 8.25. The second-order valence-corrected chi connectivity index (χ2v) is 6.29. The van der Waals surface area contributed by atoms with Crippen LogP contribution in [0.1, 0.15) is 39.2 Å². The molecule has 0 aliphatic carbocycles. The monoisotopic (exact) mass is 342 g/mol. The topological polar surface area (TPSA) is 35.5 Å². The van der Waals surface area contributed by atoms with Crippen LogP contribution in [0.15, 0.2) is 22.7 Å². The van der Waals surface area contributed by atoms with Crippen LogP contribution < -0.4 is 10.2 Å². The highest BCUT2D eigenvalue weighted by Gasteiger charge is 2.11.